The van der Waals surface area contributed by atoms with Crippen molar-refractivity contribution in [3.63, 3.8) is 0 Å². The first-order valence-corrected chi connectivity index (χ1v) is 6.15. The molecule has 1 saturated heterocycles. The van der Waals surface area contributed by atoms with Crippen LogP contribution in [0.5, 0.6) is 0 Å². The van der Waals surface area contributed by atoms with Crippen molar-refractivity contribution in [2.75, 3.05) is 5.32 Å². The van der Waals surface area contributed by atoms with Crippen LogP contribution in [0.15, 0.2) is 18.2 Å². The maximum atomic E-state index is 11.6. The lowest BCUT2D eigenvalue weighted by Crippen LogP contribution is -2.47. The molecule has 1 aromatic carbocycles. The van der Waals surface area contributed by atoms with Crippen molar-refractivity contribution < 1.29 is 9.59 Å². The molecule has 2 aliphatic rings. The number of nitrogens with one attached hydrogen (secondary N) is 3. The van der Waals surface area contributed by atoms with Gasteiger partial charge in [0.15, 0.2) is 0 Å². The fourth-order valence-electron chi connectivity index (χ4n) is 2.42. The van der Waals surface area contributed by atoms with Crippen molar-refractivity contribution >= 4 is 17.5 Å². The van der Waals surface area contributed by atoms with Gasteiger partial charge in [-0.1, -0.05) is 6.07 Å². The summed E-state index contributed by atoms with van der Waals surface area (Å²) in [5.74, 6) is -0.416. The molecule has 1 atom stereocenters. The minimum absolute atomic E-state index is 0.184. The second-order valence-corrected chi connectivity index (χ2v) is 4.74. The van der Waals surface area contributed by atoms with Crippen molar-refractivity contribution in [3.05, 3.63) is 29.3 Å². The van der Waals surface area contributed by atoms with E-state index >= 15 is 0 Å². The number of amides is 2. The van der Waals surface area contributed by atoms with E-state index in [0.717, 1.165) is 18.8 Å². The third kappa shape index (κ3) is 2.09. The Kier molecular flexibility index (Phi) is 2.76. The van der Waals surface area contributed by atoms with Crippen molar-refractivity contribution in [2.45, 2.75) is 32.0 Å². The van der Waals surface area contributed by atoms with Gasteiger partial charge in [0.2, 0.25) is 11.8 Å². The molecule has 2 amide bonds. The average molecular weight is 245 g/mol. The van der Waals surface area contributed by atoms with Crippen molar-refractivity contribution in [2.24, 2.45) is 0 Å². The van der Waals surface area contributed by atoms with Crippen LogP contribution in [0.1, 0.15) is 24.0 Å². The molecule has 0 saturated carbocycles. The molecule has 0 radical (unpaired) electrons. The molecule has 1 aromatic rings. The Balaban J connectivity index is 1.73. The molecule has 3 N–H and O–H groups in total. The molecule has 0 aliphatic carbocycles. The van der Waals surface area contributed by atoms with E-state index in [0.29, 0.717) is 12.8 Å². The molecular formula is C13H15N3O2. The summed E-state index contributed by atoms with van der Waals surface area (Å²) in [5.41, 5.74) is 3.52. The van der Waals surface area contributed by atoms with Crippen LogP contribution >= 0.6 is 0 Å². The number of carbonyl (C=O) groups excluding carboxylic acids is 2. The predicted octanol–water partition coefficient (Wildman–Crippen LogP) is 0.507. The normalized spacial score (nSPS) is 22.6. The summed E-state index contributed by atoms with van der Waals surface area (Å²) in [6, 6.07) is 5.81. The molecule has 1 fully saturated rings. The van der Waals surface area contributed by atoms with Crippen molar-refractivity contribution in [1.82, 2.24) is 10.6 Å². The van der Waals surface area contributed by atoms with E-state index in [1.165, 1.54) is 11.1 Å². The molecule has 1 unspecified atom stereocenters. The van der Waals surface area contributed by atoms with Crippen LogP contribution in [0.25, 0.3) is 0 Å². The average Bonchev–Trinajstić information content (AvgIpc) is 2.80. The molecular weight excluding hydrogens is 230 g/mol. The third-order valence-corrected chi connectivity index (χ3v) is 3.42. The highest BCUT2D eigenvalue weighted by molar-refractivity contribution is 6.01. The number of anilines is 1. The minimum Gasteiger partial charge on any atom is -0.374 e. The minimum atomic E-state index is -0.310. The Labute approximate surface area is 105 Å². The summed E-state index contributed by atoms with van der Waals surface area (Å²) in [4.78, 5) is 22.7. The number of imide groups is 1. The Morgan fingerprint density at radius 2 is 2.00 bits per heavy atom. The van der Waals surface area contributed by atoms with E-state index in [4.69, 9.17) is 0 Å². The first kappa shape index (κ1) is 11.2. The van der Waals surface area contributed by atoms with Crippen LogP contribution in [0.3, 0.4) is 0 Å². The van der Waals surface area contributed by atoms with Gasteiger partial charge in [0.25, 0.3) is 0 Å². The van der Waals surface area contributed by atoms with Gasteiger partial charge < -0.3 is 10.6 Å². The van der Waals surface area contributed by atoms with Crippen LogP contribution in [0.2, 0.25) is 0 Å². The molecule has 0 spiro atoms. The zero-order valence-corrected chi connectivity index (χ0v) is 9.95. The topological polar surface area (TPSA) is 70.2 Å². The van der Waals surface area contributed by atoms with Crippen LogP contribution in [-0.4, -0.2) is 17.9 Å². The first-order valence-electron chi connectivity index (χ1n) is 6.15. The summed E-state index contributed by atoms with van der Waals surface area (Å²) >= 11 is 0. The van der Waals surface area contributed by atoms with E-state index < -0.39 is 0 Å². The van der Waals surface area contributed by atoms with E-state index in [9.17, 15) is 9.59 Å². The van der Waals surface area contributed by atoms with E-state index in [1.807, 2.05) is 6.07 Å². The Morgan fingerprint density at radius 1 is 1.17 bits per heavy atom. The molecule has 3 rings (SSSR count). The lowest BCUT2D eigenvalue weighted by molar-refractivity contribution is -0.133. The lowest BCUT2D eigenvalue weighted by Gasteiger charge is -2.23. The number of hydrogen-bond acceptors (Lipinski definition) is 4. The van der Waals surface area contributed by atoms with Gasteiger partial charge in [-0.15, -0.1) is 0 Å². The number of carbonyl (C=O) groups is 2. The molecule has 0 aromatic heterocycles. The van der Waals surface area contributed by atoms with Gasteiger partial charge >= 0.3 is 0 Å². The van der Waals surface area contributed by atoms with Crippen LogP contribution in [-0.2, 0) is 22.7 Å². The van der Waals surface area contributed by atoms with Crippen LogP contribution in [0.4, 0.5) is 5.69 Å². The summed E-state index contributed by atoms with van der Waals surface area (Å²) in [7, 11) is 0. The number of hydrogen-bond donors (Lipinski definition) is 3. The number of piperidine rings is 1. The highest BCUT2D eigenvalue weighted by atomic mass is 16.2. The molecule has 0 bridgehead atoms. The maximum absolute atomic E-state index is 11.6. The molecule has 2 aliphatic heterocycles. The van der Waals surface area contributed by atoms with Crippen LogP contribution in [0, 0.1) is 0 Å². The summed E-state index contributed by atoms with van der Waals surface area (Å²) in [6.07, 6.45) is 0.954. The Morgan fingerprint density at radius 3 is 2.83 bits per heavy atom. The number of benzene rings is 1. The molecule has 5 heteroatoms. The quantitative estimate of drug-likeness (QED) is 0.664. The maximum Gasteiger partial charge on any atom is 0.249 e. The van der Waals surface area contributed by atoms with Gasteiger partial charge in [-0.05, 0) is 29.7 Å². The zero-order chi connectivity index (χ0) is 12.5. The fraction of sp³-hybridized carbons (Fsp3) is 0.385. The van der Waals surface area contributed by atoms with Gasteiger partial charge in [0.1, 0.15) is 6.04 Å². The lowest BCUT2D eigenvalue weighted by atomic mass is 10.0. The van der Waals surface area contributed by atoms with Gasteiger partial charge in [-0.3, -0.25) is 14.9 Å². The largest absolute Gasteiger partial charge is 0.374 e. The van der Waals surface area contributed by atoms with Gasteiger partial charge in [-0.25, -0.2) is 0 Å². The zero-order valence-electron chi connectivity index (χ0n) is 9.95. The summed E-state index contributed by atoms with van der Waals surface area (Å²) in [6.45, 7) is 1.79. The van der Waals surface area contributed by atoms with Gasteiger partial charge in [0, 0.05) is 25.2 Å². The molecule has 18 heavy (non-hydrogen) atoms. The summed E-state index contributed by atoms with van der Waals surface area (Å²) in [5, 5.41) is 8.82. The van der Waals surface area contributed by atoms with Crippen LogP contribution < -0.4 is 16.0 Å². The highest BCUT2D eigenvalue weighted by Gasteiger charge is 2.26. The van der Waals surface area contributed by atoms with Crippen molar-refractivity contribution in [1.29, 1.82) is 0 Å². The van der Waals surface area contributed by atoms with Crippen molar-refractivity contribution in [3.8, 4) is 0 Å². The monoisotopic (exact) mass is 245 g/mol. The highest BCUT2D eigenvalue weighted by Crippen LogP contribution is 2.21. The Bertz CT molecular complexity index is 513. The van der Waals surface area contributed by atoms with E-state index in [1.54, 1.807) is 0 Å². The number of rotatable bonds is 2. The first-order chi connectivity index (χ1) is 8.72. The van der Waals surface area contributed by atoms with Gasteiger partial charge in [-0.2, -0.15) is 0 Å². The number of fused-ring (bicyclic) bond motifs is 1. The van der Waals surface area contributed by atoms with E-state index in [2.05, 4.69) is 28.1 Å². The second kappa shape index (κ2) is 4.42. The second-order valence-electron chi connectivity index (χ2n) is 4.74. The predicted molar refractivity (Wildman–Crippen MR) is 66.8 cm³/mol. The smallest absolute Gasteiger partial charge is 0.249 e. The third-order valence-electron chi connectivity index (χ3n) is 3.42. The van der Waals surface area contributed by atoms with Gasteiger partial charge in [0.05, 0.1) is 0 Å². The molecule has 94 valence electrons. The standard InChI is InChI=1S/C13H15N3O2/c17-12-4-3-11(13(18)16-12)15-10-2-1-8-6-14-7-9(8)5-10/h1-2,5,11,14-15H,3-4,6-7H2,(H,16,17,18). The van der Waals surface area contributed by atoms with E-state index in [-0.39, 0.29) is 17.9 Å². The molecule has 5 nitrogen and oxygen atoms in total. The summed E-state index contributed by atoms with van der Waals surface area (Å²) < 4.78 is 0. The molecule has 2 heterocycles. The Hall–Kier alpha value is -1.88. The SMILES string of the molecule is O=C1CCC(Nc2ccc3c(c2)CNC3)C(=O)N1. The fourth-order valence-corrected chi connectivity index (χ4v) is 2.42.